The van der Waals surface area contributed by atoms with Gasteiger partial charge >= 0.3 is 2.85 Å². The van der Waals surface area contributed by atoms with Crippen LogP contribution in [0.5, 0.6) is 0 Å². The van der Waals surface area contributed by atoms with E-state index in [0.717, 1.165) is 11.4 Å². The summed E-state index contributed by atoms with van der Waals surface area (Å²) < 4.78 is 0. The van der Waals surface area contributed by atoms with Crippen molar-refractivity contribution in [2.75, 3.05) is 11.5 Å². The molecule has 0 atom stereocenters. The second kappa shape index (κ2) is 7.19. The summed E-state index contributed by atoms with van der Waals surface area (Å²) in [5, 5.41) is 0. The fourth-order valence-corrected chi connectivity index (χ4v) is 1.13. The zero-order valence-electron chi connectivity index (χ0n) is 12.0. The van der Waals surface area contributed by atoms with Crippen LogP contribution >= 0.6 is 0 Å². The van der Waals surface area contributed by atoms with Crippen LogP contribution in [0.25, 0.3) is 0 Å². The van der Waals surface area contributed by atoms with Gasteiger partial charge < -0.3 is 16.9 Å². The number of aromatic nitrogens is 2. The maximum atomic E-state index is 5.35. The number of aryl methyl sites for hydroxylation is 2. The van der Waals surface area contributed by atoms with Gasteiger partial charge in [-0.1, -0.05) is 12.1 Å². The first-order chi connectivity index (χ1) is 7.58. The summed E-state index contributed by atoms with van der Waals surface area (Å²) in [5.74, 6) is 1.18. The number of anilines is 2. The standard InChI is InChI=1S/2C6H8N2.H2O/c2*1-5-3-2-4-6(7)8-5;/h2*2-4H,1H3,(H2,7,8);1H2/p+2. The number of hydrogen-bond donors (Lipinski definition) is 2. The predicted octanol–water partition coefficient (Wildman–Crippen LogP) is 1.34. The molecule has 0 radical (unpaired) electrons. The molecule has 0 saturated carbocycles. The maximum absolute atomic E-state index is 5.35. The van der Waals surface area contributed by atoms with Crippen molar-refractivity contribution in [2.45, 2.75) is 13.8 Å². The van der Waals surface area contributed by atoms with Crippen LogP contribution < -0.4 is 11.5 Å². The van der Waals surface area contributed by atoms with E-state index in [9.17, 15) is 0 Å². The average molecular weight is 236 g/mol. The third-order valence-corrected chi connectivity index (χ3v) is 1.82. The van der Waals surface area contributed by atoms with Crippen molar-refractivity contribution >= 4 is 11.6 Å². The Morgan fingerprint density at radius 1 is 0.824 bits per heavy atom. The molecule has 5 nitrogen and oxygen atoms in total. The second-order valence-electron chi connectivity index (χ2n) is 3.41. The topological polar surface area (TPSA) is 109 Å². The van der Waals surface area contributed by atoms with E-state index >= 15 is 0 Å². The van der Waals surface area contributed by atoms with Crippen LogP contribution in [0.3, 0.4) is 0 Å². The zero-order chi connectivity index (χ0) is 12.0. The van der Waals surface area contributed by atoms with Gasteiger partial charge in [-0.2, -0.15) is 0 Å². The van der Waals surface area contributed by atoms with Crippen molar-refractivity contribution in [3.8, 4) is 0 Å². The minimum absolute atomic E-state index is 0. The van der Waals surface area contributed by atoms with Gasteiger partial charge in [0.1, 0.15) is 11.6 Å². The van der Waals surface area contributed by atoms with Crippen molar-refractivity contribution in [1.29, 1.82) is 0 Å². The maximum Gasteiger partial charge on any atom is 1.00 e. The van der Waals surface area contributed by atoms with Gasteiger partial charge in [0.25, 0.3) is 0 Å². The Balaban J connectivity index is -0.000000233. The van der Waals surface area contributed by atoms with Crippen LogP contribution in [0.1, 0.15) is 14.2 Å². The second-order valence-corrected chi connectivity index (χ2v) is 3.41. The molecule has 0 bridgehead atoms. The summed E-state index contributed by atoms with van der Waals surface area (Å²) in [7, 11) is 0. The molecule has 2 aromatic rings. The predicted molar refractivity (Wildman–Crippen MR) is 72.6 cm³/mol. The highest BCUT2D eigenvalue weighted by Gasteiger charge is 1.83. The van der Waals surface area contributed by atoms with E-state index in [2.05, 4.69) is 9.97 Å². The molecule has 0 unspecified atom stereocenters. The van der Waals surface area contributed by atoms with E-state index in [1.807, 2.05) is 38.1 Å². The number of pyridine rings is 2. The Bertz CT molecular complexity index is 391. The highest BCUT2D eigenvalue weighted by Crippen LogP contribution is 1.97. The molecule has 6 N–H and O–H groups in total. The van der Waals surface area contributed by atoms with Crippen LogP contribution in [0.4, 0.5) is 11.6 Å². The molecular formula is C12H20N4O+2. The Morgan fingerprint density at radius 2 is 1.18 bits per heavy atom. The quantitative estimate of drug-likeness (QED) is 0.719. The molecule has 2 rings (SSSR count). The van der Waals surface area contributed by atoms with Crippen LogP contribution in [0.2, 0.25) is 0 Å². The summed E-state index contributed by atoms with van der Waals surface area (Å²) in [6.07, 6.45) is 0. The van der Waals surface area contributed by atoms with Gasteiger partial charge in [-0.3, -0.25) is 0 Å². The summed E-state index contributed by atoms with van der Waals surface area (Å²) in [6.45, 7) is 3.83. The molecular weight excluding hydrogens is 216 g/mol. The Hall–Kier alpha value is -2.14. The van der Waals surface area contributed by atoms with E-state index in [1.165, 1.54) is 0 Å². The van der Waals surface area contributed by atoms with E-state index in [0.29, 0.717) is 11.6 Å². The molecule has 0 aliphatic rings. The summed E-state index contributed by atoms with van der Waals surface area (Å²) >= 11 is 0. The zero-order valence-corrected chi connectivity index (χ0v) is 10.0. The molecule has 0 saturated heterocycles. The Kier molecular flexibility index (Phi) is 6.28. The lowest BCUT2D eigenvalue weighted by Gasteiger charge is -1.90. The van der Waals surface area contributed by atoms with E-state index < -0.39 is 0 Å². The van der Waals surface area contributed by atoms with Gasteiger partial charge in [-0.15, -0.1) is 0 Å². The van der Waals surface area contributed by atoms with E-state index in [4.69, 9.17) is 11.5 Å². The fraction of sp³-hybridized carbons (Fsp3) is 0.167. The minimum atomic E-state index is 0. The molecule has 0 aliphatic carbocycles. The van der Waals surface area contributed by atoms with Crippen LogP contribution in [-0.4, -0.2) is 15.4 Å². The van der Waals surface area contributed by atoms with Gasteiger partial charge in [0.2, 0.25) is 0 Å². The number of rotatable bonds is 0. The van der Waals surface area contributed by atoms with Gasteiger partial charge in [0.15, 0.2) is 0 Å². The lowest BCUT2D eigenvalue weighted by molar-refractivity contribution is 0.824. The van der Waals surface area contributed by atoms with Gasteiger partial charge in [0.05, 0.1) is 0 Å². The monoisotopic (exact) mass is 236 g/mol. The number of hydrogen-bond acceptors (Lipinski definition) is 4. The van der Waals surface area contributed by atoms with Crippen LogP contribution in [0, 0.1) is 13.8 Å². The molecule has 0 amide bonds. The molecule has 2 aromatic heterocycles. The summed E-state index contributed by atoms with van der Waals surface area (Å²) in [5.41, 5.74) is 12.6. The lowest BCUT2D eigenvalue weighted by Crippen LogP contribution is -1.89. The lowest BCUT2D eigenvalue weighted by atomic mass is 10.4. The van der Waals surface area contributed by atoms with Crippen molar-refractivity contribution < 1.29 is 8.33 Å². The number of nitrogens with two attached hydrogens (primary N) is 2. The molecule has 0 aliphatic heterocycles. The SMILES string of the molecule is Cc1cccc(N)n1.Cc1cccc(N)n1.O.[H+].[H+]. The fourth-order valence-electron chi connectivity index (χ4n) is 1.13. The molecule has 0 aromatic carbocycles. The molecule has 17 heavy (non-hydrogen) atoms. The first kappa shape index (κ1) is 14.9. The Labute approximate surface area is 104 Å². The van der Waals surface area contributed by atoms with Crippen molar-refractivity contribution in [3.05, 3.63) is 47.8 Å². The van der Waals surface area contributed by atoms with Crippen molar-refractivity contribution in [1.82, 2.24) is 9.97 Å². The third-order valence-electron chi connectivity index (χ3n) is 1.82. The smallest absolute Gasteiger partial charge is 0.412 e. The molecule has 92 valence electrons. The molecule has 2 heterocycles. The van der Waals surface area contributed by atoms with Crippen molar-refractivity contribution in [3.63, 3.8) is 0 Å². The minimum Gasteiger partial charge on any atom is -0.412 e. The summed E-state index contributed by atoms with van der Waals surface area (Å²) in [4.78, 5) is 7.90. The molecule has 0 fully saturated rings. The van der Waals surface area contributed by atoms with Crippen molar-refractivity contribution in [2.24, 2.45) is 0 Å². The third kappa shape index (κ3) is 6.11. The highest BCUT2D eigenvalue weighted by molar-refractivity contribution is 5.28. The van der Waals surface area contributed by atoms with Gasteiger partial charge in [-0.25, -0.2) is 9.97 Å². The first-order valence-electron chi connectivity index (χ1n) is 4.96. The van der Waals surface area contributed by atoms with E-state index in [1.54, 1.807) is 12.1 Å². The summed E-state index contributed by atoms with van der Waals surface area (Å²) in [6, 6.07) is 11.1. The highest BCUT2D eigenvalue weighted by atomic mass is 16.0. The number of nitrogens with zero attached hydrogens (tertiary/aromatic N) is 2. The Morgan fingerprint density at radius 3 is 1.35 bits per heavy atom. The largest absolute Gasteiger partial charge is 1.00 e. The van der Waals surface area contributed by atoms with E-state index in [-0.39, 0.29) is 8.33 Å². The number of nitrogen functional groups attached to an aromatic ring is 2. The average Bonchev–Trinajstić information content (AvgIpc) is 2.17. The van der Waals surface area contributed by atoms with Crippen LogP contribution in [0.15, 0.2) is 36.4 Å². The van der Waals surface area contributed by atoms with Gasteiger partial charge in [-0.05, 0) is 38.1 Å². The molecule has 5 heteroatoms. The van der Waals surface area contributed by atoms with Gasteiger partial charge in [0, 0.05) is 11.4 Å². The van der Waals surface area contributed by atoms with Crippen LogP contribution in [-0.2, 0) is 0 Å². The molecule has 0 spiro atoms. The first-order valence-corrected chi connectivity index (χ1v) is 4.96. The normalized spacial score (nSPS) is 8.59.